The van der Waals surface area contributed by atoms with Gasteiger partial charge in [0.25, 0.3) is 5.91 Å². The summed E-state index contributed by atoms with van der Waals surface area (Å²) in [6.45, 7) is 0. The van der Waals surface area contributed by atoms with E-state index in [1.54, 1.807) is 42.5 Å². The van der Waals surface area contributed by atoms with Gasteiger partial charge in [0, 0.05) is 10.7 Å². The van der Waals surface area contributed by atoms with Gasteiger partial charge in [-0.1, -0.05) is 35.9 Å². The Morgan fingerprint density at radius 2 is 1.71 bits per heavy atom. The van der Waals surface area contributed by atoms with Crippen molar-refractivity contribution in [1.82, 2.24) is 0 Å². The Balaban J connectivity index is 1.84. The first-order valence-electron chi connectivity index (χ1n) is 6.94. The van der Waals surface area contributed by atoms with E-state index in [0.717, 1.165) is 11.3 Å². The van der Waals surface area contributed by atoms with Crippen molar-refractivity contribution in [3.05, 3.63) is 76.6 Å². The maximum Gasteiger partial charge on any atom is 0.265 e. The normalized spacial score (nSPS) is 11.2. The van der Waals surface area contributed by atoms with E-state index < -0.39 is 9.84 Å². The van der Waals surface area contributed by atoms with E-state index in [4.69, 9.17) is 11.6 Å². The summed E-state index contributed by atoms with van der Waals surface area (Å²) in [7, 11) is -3.61. The third-order valence-corrected chi connectivity index (χ3v) is 6.79. The summed E-state index contributed by atoms with van der Waals surface area (Å²) in [5.41, 5.74) is 0.549. The molecule has 1 heterocycles. The minimum absolute atomic E-state index is 0.130. The minimum Gasteiger partial charge on any atom is -0.321 e. The summed E-state index contributed by atoms with van der Waals surface area (Å²) in [5, 5.41) is 3.20. The van der Waals surface area contributed by atoms with Gasteiger partial charge in [-0.2, -0.15) is 0 Å². The molecule has 0 fully saturated rings. The average molecular weight is 378 g/mol. The zero-order chi connectivity index (χ0) is 17.2. The Hall–Kier alpha value is -2.15. The summed E-state index contributed by atoms with van der Waals surface area (Å²) < 4.78 is 25.2. The molecule has 0 unspecified atom stereocenters. The van der Waals surface area contributed by atoms with Crippen LogP contribution >= 0.6 is 22.9 Å². The van der Waals surface area contributed by atoms with Gasteiger partial charge in [0.05, 0.1) is 9.77 Å². The van der Waals surface area contributed by atoms with Crippen molar-refractivity contribution >= 4 is 44.4 Å². The van der Waals surface area contributed by atoms with Crippen LogP contribution in [0.5, 0.6) is 0 Å². The molecule has 0 radical (unpaired) electrons. The average Bonchev–Trinajstić information content (AvgIpc) is 3.07. The van der Waals surface area contributed by atoms with Crippen molar-refractivity contribution in [2.24, 2.45) is 0 Å². The molecule has 3 rings (SSSR count). The van der Waals surface area contributed by atoms with Crippen LogP contribution in [-0.2, 0) is 9.84 Å². The second-order valence-electron chi connectivity index (χ2n) is 4.90. The van der Waals surface area contributed by atoms with Gasteiger partial charge in [0.2, 0.25) is 9.84 Å². The first-order chi connectivity index (χ1) is 11.5. The summed E-state index contributed by atoms with van der Waals surface area (Å²) in [4.78, 5) is 12.8. The summed E-state index contributed by atoms with van der Waals surface area (Å²) in [6, 6.07) is 17.8. The van der Waals surface area contributed by atoms with Crippen LogP contribution in [0.1, 0.15) is 9.67 Å². The number of carbonyl (C=O) groups excluding carboxylic acids is 1. The molecular weight excluding hydrogens is 366 g/mol. The van der Waals surface area contributed by atoms with Gasteiger partial charge in [-0.15, -0.1) is 11.3 Å². The van der Waals surface area contributed by atoms with Crippen LogP contribution in [0, 0.1) is 0 Å². The van der Waals surface area contributed by atoms with Gasteiger partial charge in [0.1, 0.15) is 4.21 Å². The predicted octanol–water partition coefficient (Wildman–Crippen LogP) is 4.49. The summed E-state index contributed by atoms with van der Waals surface area (Å²) in [5.74, 6) is -0.378. The maximum absolute atomic E-state index is 12.5. The number of rotatable bonds is 4. The van der Waals surface area contributed by atoms with Crippen molar-refractivity contribution in [3.63, 3.8) is 0 Å². The number of benzene rings is 2. The van der Waals surface area contributed by atoms with Crippen molar-refractivity contribution in [3.8, 4) is 0 Å². The molecule has 0 aliphatic rings. The van der Waals surface area contributed by atoms with Gasteiger partial charge in [0.15, 0.2) is 0 Å². The third kappa shape index (κ3) is 3.51. The molecule has 4 nitrogen and oxygen atoms in total. The highest BCUT2D eigenvalue weighted by Gasteiger charge is 2.21. The number of sulfone groups is 1. The fourth-order valence-electron chi connectivity index (χ4n) is 2.06. The third-order valence-electron chi connectivity index (χ3n) is 3.21. The van der Waals surface area contributed by atoms with E-state index in [0.29, 0.717) is 15.6 Å². The molecule has 7 heteroatoms. The second-order valence-corrected chi connectivity index (χ2v) is 8.60. The van der Waals surface area contributed by atoms with Crippen molar-refractivity contribution in [2.75, 3.05) is 5.32 Å². The van der Waals surface area contributed by atoms with Crippen LogP contribution in [0.4, 0.5) is 5.69 Å². The molecule has 2 aromatic carbocycles. The number of halogens is 1. The molecule has 0 spiro atoms. The molecule has 0 aliphatic heterocycles. The zero-order valence-corrected chi connectivity index (χ0v) is 14.7. The van der Waals surface area contributed by atoms with Crippen LogP contribution in [0.25, 0.3) is 0 Å². The van der Waals surface area contributed by atoms with Crippen LogP contribution < -0.4 is 5.32 Å². The van der Waals surface area contributed by atoms with Gasteiger partial charge in [-0.3, -0.25) is 4.79 Å². The van der Waals surface area contributed by atoms with Gasteiger partial charge in [-0.25, -0.2) is 8.42 Å². The number of nitrogens with one attached hydrogen (secondary N) is 1. The predicted molar refractivity (Wildman–Crippen MR) is 95.6 cm³/mol. The Kier molecular flexibility index (Phi) is 4.71. The molecule has 0 aliphatic carbocycles. The van der Waals surface area contributed by atoms with E-state index in [9.17, 15) is 13.2 Å². The number of anilines is 1. The van der Waals surface area contributed by atoms with Crippen molar-refractivity contribution in [2.45, 2.75) is 9.10 Å². The second kappa shape index (κ2) is 6.76. The molecular formula is C17H12ClNO3S2. The highest BCUT2D eigenvalue weighted by Crippen LogP contribution is 2.28. The maximum atomic E-state index is 12.5. The quantitative estimate of drug-likeness (QED) is 0.728. The highest BCUT2D eigenvalue weighted by atomic mass is 35.5. The minimum atomic E-state index is -3.61. The number of carbonyl (C=O) groups is 1. The monoisotopic (exact) mass is 377 g/mol. The SMILES string of the molecule is O=C(Nc1cccc(Cl)c1)c1ccc(S(=O)(=O)c2ccccc2)s1. The van der Waals surface area contributed by atoms with Crippen molar-refractivity contribution < 1.29 is 13.2 Å². The van der Waals surface area contributed by atoms with Crippen molar-refractivity contribution in [1.29, 1.82) is 0 Å². The van der Waals surface area contributed by atoms with E-state index >= 15 is 0 Å². The van der Waals surface area contributed by atoms with Crippen LogP contribution in [0.2, 0.25) is 5.02 Å². The van der Waals surface area contributed by atoms with Crippen LogP contribution in [0.3, 0.4) is 0 Å². The molecule has 0 saturated carbocycles. The Morgan fingerprint density at radius 1 is 0.958 bits per heavy atom. The molecule has 1 N–H and O–H groups in total. The lowest BCUT2D eigenvalue weighted by atomic mass is 10.3. The largest absolute Gasteiger partial charge is 0.321 e. The number of hydrogen-bond acceptors (Lipinski definition) is 4. The Morgan fingerprint density at radius 3 is 2.42 bits per heavy atom. The van der Waals surface area contributed by atoms with Gasteiger partial charge in [-0.05, 0) is 42.5 Å². The fourth-order valence-corrected chi connectivity index (χ4v) is 4.88. The van der Waals surface area contributed by atoms with E-state index in [2.05, 4.69) is 5.32 Å². The first kappa shape index (κ1) is 16.7. The van der Waals surface area contributed by atoms with Crippen LogP contribution in [-0.4, -0.2) is 14.3 Å². The Bertz CT molecular complexity index is 982. The molecule has 1 aromatic heterocycles. The molecule has 1 amide bonds. The Labute approximate surface area is 148 Å². The summed E-state index contributed by atoms with van der Waals surface area (Å²) in [6.07, 6.45) is 0. The zero-order valence-electron chi connectivity index (χ0n) is 12.3. The molecule has 122 valence electrons. The number of hydrogen-bond donors (Lipinski definition) is 1. The molecule has 3 aromatic rings. The van der Waals surface area contributed by atoms with Gasteiger partial charge >= 0.3 is 0 Å². The van der Waals surface area contributed by atoms with E-state index in [1.165, 1.54) is 24.3 Å². The molecule has 0 bridgehead atoms. The molecule has 0 saturated heterocycles. The lowest BCUT2D eigenvalue weighted by molar-refractivity contribution is 0.103. The standard InChI is InChI=1S/C17H12ClNO3S2/c18-12-5-4-6-13(11-12)19-17(20)15-9-10-16(23-15)24(21,22)14-7-2-1-3-8-14/h1-11H,(H,19,20). The molecule has 24 heavy (non-hydrogen) atoms. The first-order valence-corrected chi connectivity index (χ1v) is 9.61. The highest BCUT2D eigenvalue weighted by molar-refractivity contribution is 7.93. The number of amides is 1. The smallest absolute Gasteiger partial charge is 0.265 e. The van der Waals surface area contributed by atoms with Crippen LogP contribution in [0.15, 0.2) is 75.8 Å². The lowest BCUT2D eigenvalue weighted by Gasteiger charge is -2.03. The fraction of sp³-hybridized carbons (Fsp3) is 0. The van der Waals surface area contributed by atoms with Gasteiger partial charge < -0.3 is 5.32 Å². The summed E-state index contributed by atoms with van der Waals surface area (Å²) >= 11 is 6.81. The topological polar surface area (TPSA) is 63.2 Å². The molecule has 0 atom stereocenters. The lowest BCUT2D eigenvalue weighted by Crippen LogP contribution is -2.09. The van der Waals surface area contributed by atoms with E-state index in [1.807, 2.05) is 0 Å². The van der Waals surface area contributed by atoms with E-state index in [-0.39, 0.29) is 15.0 Å². The number of thiophene rings is 1.